The van der Waals surface area contributed by atoms with Gasteiger partial charge in [-0.2, -0.15) is 0 Å². The number of hydrogen-bond acceptors (Lipinski definition) is 0. The largest absolute Gasteiger partial charge is 1.00 e. The minimum absolute atomic E-state index is 0. The van der Waals surface area contributed by atoms with E-state index in [1.54, 1.807) is 0 Å². The average Bonchev–Trinajstić information content (AvgIpc) is 2.78. The highest BCUT2D eigenvalue weighted by molar-refractivity contribution is 5.43. The smallest absolute Gasteiger partial charge is 0.171 e. The number of hydrogen-bond donors (Lipinski definition) is 0. The summed E-state index contributed by atoms with van der Waals surface area (Å²) >= 11 is 0. The molecule has 0 atom stereocenters. The van der Waals surface area contributed by atoms with Crippen LogP contribution < -0.4 is 43.1 Å². The second-order valence-corrected chi connectivity index (χ2v) is 8.49. The molecule has 34 heavy (non-hydrogen) atoms. The van der Waals surface area contributed by atoms with Gasteiger partial charge in [-0.25, -0.2) is 9.13 Å². The van der Waals surface area contributed by atoms with Crippen LogP contribution in [0.1, 0.15) is 59.1 Å². The van der Waals surface area contributed by atoms with Crippen LogP contribution >= 0.6 is 0 Å². The minimum Gasteiger partial charge on any atom is -1.00 e. The number of benzene rings is 1. The summed E-state index contributed by atoms with van der Waals surface area (Å²) < 4.78 is 4.50. The Labute approximate surface area is 227 Å². The van der Waals surface area contributed by atoms with Crippen molar-refractivity contribution in [1.82, 2.24) is 0 Å². The third-order valence-electron chi connectivity index (χ3n) is 5.76. The zero-order valence-corrected chi connectivity index (χ0v) is 23.8. The highest BCUT2D eigenvalue weighted by Gasteiger charge is 2.03. The van der Waals surface area contributed by atoms with E-state index in [0.29, 0.717) is 0 Å². The molecule has 4 heteroatoms. The van der Waals surface area contributed by atoms with Crippen molar-refractivity contribution in [3.63, 3.8) is 0 Å². The van der Waals surface area contributed by atoms with Crippen molar-refractivity contribution in [2.24, 2.45) is 0 Å². The van der Waals surface area contributed by atoms with Crippen LogP contribution in [0.3, 0.4) is 0 Å². The molecule has 3 rings (SSSR count). The van der Waals surface area contributed by atoms with Gasteiger partial charge >= 0.3 is 0 Å². The van der Waals surface area contributed by atoms with Gasteiger partial charge in [0.15, 0.2) is 24.8 Å². The van der Waals surface area contributed by atoms with Crippen molar-refractivity contribution in [2.45, 2.75) is 66.5 Å². The molecule has 0 radical (unpaired) electrons. The Morgan fingerprint density at radius 3 is 1.47 bits per heavy atom. The molecule has 2 heterocycles. The molecule has 0 saturated carbocycles. The Morgan fingerprint density at radius 2 is 1.06 bits per heavy atom. The average molecular weight is 582 g/mol. The number of unbranched alkanes of at least 4 members (excludes halogenated alkanes) is 2. The van der Waals surface area contributed by atoms with Crippen molar-refractivity contribution in [1.29, 1.82) is 0 Å². The fourth-order valence-electron chi connectivity index (χ4n) is 3.45. The summed E-state index contributed by atoms with van der Waals surface area (Å²) in [6.07, 6.45) is 12.6. The highest BCUT2D eigenvalue weighted by Crippen LogP contribution is 2.04. The van der Waals surface area contributed by atoms with Gasteiger partial charge in [0.25, 0.3) is 0 Å². The molecular weight excluding hydrogens is 548 g/mol. The number of rotatable bonds is 6. The van der Waals surface area contributed by atoms with E-state index in [1.807, 2.05) is 6.07 Å². The molecule has 0 spiro atoms. The van der Waals surface area contributed by atoms with Gasteiger partial charge in [0, 0.05) is 60.1 Å². The molecular formula is C30H34Br2N2. The lowest BCUT2D eigenvalue weighted by atomic mass is 10.1. The number of nitrogens with zero attached hydrogens (tertiary/aromatic N) is 2. The molecule has 0 N–H and O–H groups in total. The number of halogens is 2. The van der Waals surface area contributed by atoms with Crippen LogP contribution in [0.5, 0.6) is 0 Å². The summed E-state index contributed by atoms with van der Waals surface area (Å²) in [6.45, 7) is 10.6. The third-order valence-corrected chi connectivity index (χ3v) is 5.76. The maximum absolute atomic E-state index is 3.31. The molecule has 0 amide bonds. The van der Waals surface area contributed by atoms with E-state index in [4.69, 9.17) is 0 Å². The molecule has 0 aliphatic carbocycles. The van der Waals surface area contributed by atoms with Crippen molar-refractivity contribution < 1.29 is 43.1 Å². The summed E-state index contributed by atoms with van der Waals surface area (Å²) in [7, 11) is 0. The van der Waals surface area contributed by atoms with E-state index in [2.05, 4.69) is 116 Å². The predicted octanol–water partition coefficient (Wildman–Crippen LogP) is -0.833. The first-order valence-corrected chi connectivity index (χ1v) is 11.5. The zero-order valence-electron chi connectivity index (χ0n) is 20.7. The molecule has 0 aliphatic rings. The van der Waals surface area contributed by atoms with Crippen LogP contribution in [0.4, 0.5) is 0 Å². The van der Waals surface area contributed by atoms with Crippen LogP contribution in [-0.4, -0.2) is 0 Å². The summed E-state index contributed by atoms with van der Waals surface area (Å²) in [5.74, 6) is 13.2. The van der Waals surface area contributed by atoms with Gasteiger partial charge in [-0.3, -0.25) is 0 Å². The molecule has 178 valence electrons. The van der Waals surface area contributed by atoms with Crippen molar-refractivity contribution in [3.05, 3.63) is 94.6 Å². The Balaban J connectivity index is 0.00000289. The molecule has 2 nitrogen and oxygen atoms in total. The molecule has 2 aromatic heterocycles. The molecule has 0 unspecified atom stereocenters. The molecule has 0 fully saturated rings. The van der Waals surface area contributed by atoms with Gasteiger partial charge in [0.1, 0.15) is 13.1 Å². The van der Waals surface area contributed by atoms with Crippen LogP contribution in [0.15, 0.2) is 61.2 Å². The fraction of sp³-hybridized carbons (Fsp3) is 0.333. The Morgan fingerprint density at radius 1 is 0.618 bits per heavy atom. The predicted molar refractivity (Wildman–Crippen MR) is 131 cm³/mol. The maximum atomic E-state index is 3.31. The first kappa shape index (κ1) is 29.6. The van der Waals surface area contributed by atoms with Gasteiger partial charge in [0.2, 0.25) is 0 Å². The first-order chi connectivity index (χ1) is 15.5. The van der Waals surface area contributed by atoms with E-state index in [9.17, 15) is 0 Å². The summed E-state index contributed by atoms with van der Waals surface area (Å²) in [6, 6.07) is 12.6. The van der Waals surface area contributed by atoms with E-state index in [0.717, 1.165) is 49.9 Å². The topological polar surface area (TPSA) is 7.76 Å². The molecule has 3 aromatic rings. The van der Waals surface area contributed by atoms with Gasteiger partial charge in [0.05, 0.1) is 0 Å². The van der Waals surface area contributed by atoms with Crippen LogP contribution in [0, 0.1) is 51.4 Å². The van der Waals surface area contributed by atoms with Gasteiger partial charge in [-0.15, -0.1) is 0 Å². The molecule has 0 saturated heterocycles. The summed E-state index contributed by atoms with van der Waals surface area (Å²) in [4.78, 5) is 0. The fourth-order valence-corrected chi connectivity index (χ4v) is 3.45. The van der Waals surface area contributed by atoms with Gasteiger partial charge in [-0.05, 0) is 57.0 Å². The second-order valence-electron chi connectivity index (χ2n) is 8.49. The van der Waals surface area contributed by atoms with Gasteiger partial charge in [-0.1, -0.05) is 29.7 Å². The van der Waals surface area contributed by atoms with E-state index in [1.165, 1.54) is 22.3 Å². The van der Waals surface area contributed by atoms with Crippen molar-refractivity contribution in [3.8, 4) is 23.7 Å². The molecule has 1 aromatic carbocycles. The van der Waals surface area contributed by atoms with Crippen LogP contribution in [0.25, 0.3) is 0 Å². The van der Waals surface area contributed by atoms with E-state index in [-0.39, 0.29) is 34.0 Å². The van der Waals surface area contributed by atoms with Crippen molar-refractivity contribution >= 4 is 0 Å². The zero-order chi connectivity index (χ0) is 22.8. The van der Waals surface area contributed by atoms with E-state index < -0.39 is 0 Å². The summed E-state index contributed by atoms with van der Waals surface area (Å²) in [5, 5.41) is 0. The third kappa shape index (κ3) is 9.84. The lowest BCUT2D eigenvalue weighted by molar-refractivity contribution is -0.697. The monoisotopic (exact) mass is 580 g/mol. The SMILES string of the molecule is Cc1cc[n+](CCCC#Cc2cccc(C#CCCC[n+]3ccc(C)c(C)c3)c2)cc1C.[Br-].[Br-]. The van der Waals surface area contributed by atoms with Crippen LogP contribution in [0.2, 0.25) is 0 Å². The highest BCUT2D eigenvalue weighted by atomic mass is 79.9. The minimum atomic E-state index is 0. The second kappa shape index (κ2) is 15.5. The maximum Gasteiger partial charge on any atom is 0.171 e. The Bertz CT molecular complexity index is 1100. The van der Waals surface area contributed by atoms with E-state index >= 15 is 0 Å². The normalized spacial score (nSPS) is 9.53. The molecule has 0 aliphatic heterocycles. The Kier molecular flexibility index (Phi) is 13.5. The number of aryl methyl sites for hydroxylation is 6. The summed E-state index contributed by atoms with van der Waals surface area (Å²) in [5.41, 5.74) is 7.43. The van der Waals surface area contributed by atoms with Gasteiger partial charge < -0.3 is 34.0 Å². The number of aromatic nitrogens is 2. The number of pyridine rings is 2. The van der Waals surface area contributed by atoms with Crippen molar-refractivity contribution in [2.75, 3.05) is 0 Å². The Hall–Kier alpha value is -2.40. The standard InChI is InChI=1S/C30H34N2.2BrH/c1-25-16-20-31(23-27(25)3)18-9-5-7-12-29-14-11-15-30(22-29)13-8-6-10-19-32-21-17-26(2)28(4)24-32;;/h11,14-17,20-24H,5-6,9-10,18-19H2,1-4H3;2*1H/q+2;;/p-2. The quantitative estimate of drug-likeness (QED) is 0.204. The molecule has 0 bridgehead atoms. The lowest BCUT2D eigenvalue weighted by Crippen LogP contribution is -3.00. The van der Waals surface area contributed by atoms with Crippen LogP contribution in [-0.2, 0) is 13.1 Å². The first-order valence-electron chi connectivity index (χ1n) is 11.5. The lowest BCUT2D eigenvalue weighted by Gasteiger charge is -1.99.